The van der Waals surface area contributed by atoms with Gasteiger partial charge in [-0.25, -0.2) is 18.5 Å². The summed E-state index contributed by atoms with van der Waals surface area (Å²) in [6.45, 7) is 2.47. The number of imide groups is 1. The molecule has 0 spiro atoms. The van der Waals surface area contributed by atoms with E-state index in [9.17, 15) is 23.2 Å². The van der Waals surface area contributed by atoms with Gasteiger partial charge in [0, 0.05) is 37.6 Å². The summed E-state index contributed by atoms with van der Waals surface area (Å²) in [6.07, 6.45) is 3.22. The summed E-state index contributed by atoms with van der Waals surface area (Å²) in [5.41, 5.74) is -1.44. The van der Waals surface area contributed by atoms with Crippen LogP contribution < -0.4 is 15.5 Å². The van der Waals surface area contributed by atoms with E-state index < -0.39 is 47.1 Å². The molecule has 1 aliphatic rings. The van der Waals surface area contributed by atoms with E-state index in [0.717, 1.165) is 18.6 Å². The number of hydrogen-bond donors (Lipinski definition) is 2. The van der Waals surface area contributed by atoms with Gasteiger partial charge in [0.25, 0.3) is 5.91 Å². The maximum atomic E-state index is 14.9. The minimum Gasteiger partial charge on any atom is -0.385 e. The Morgan fingerprint density at radius 3 is 2.50 bits per heavy atom. The molecule has 2 heterocycles. The minimum atomic E-state index is -1.66. The van der Waals surface area contributed by atoms with Gasteiger partial charge >= 0.3 is 6.03 Å². The monoisotopic (exact) mass is 521 g/mol. The van der Waals surface area contributed by atoms with Crippen LogP contribution in [0.15, 0.2) is 54.9 Å². The third-order valence-corrected chi connectivity index (χ3v) is 5.83. The lowest BCUT2D eigenvalue weighted by atomic mass is 9.93. The SMILES string of the molecule is COCCCn1cc(NC(=O)[C@]2(C)CC(=O)N(c3c(F)cc(C#Cc4ccccc4)cc3F)C(=O)N2)cn1. The highest BCUT2D eigenvalue weighted by atomic mass is 19.1. The fraction of sp³-hybridized carbons (Fsp3) is 0.259. The van der Waals surface area contributed by atoms with Gasteiger partial charge in [-0.3, -0.25) is 14.3 Å². The number of hydrogen-bond acceptors (Lipinski definition) is 5. The van der Waals surface area contributed by atoms with E-state index in [1.807, 2.05) is 6.07 Å². The molecule has 0 aliphatic carbocycles. The molecule has 3 aromatic rings. The number of carbonyl (C=O) groups is 3. The number of urea groups is 1. The highest BCUT2D eigenvalue weighted by Gasteiger charge is 2.47. The third kappa shape index (κ3) is 5.87. The zero-order valence-corrected chi connectivity index (χ0v) is 20.8. The van der Waals surface area contributed by atoms with E-state index >= 15 is 0 Å². The number of amides is 4. The number of nitrogens with zero attached hydrogens (tertiary/aromatic N) is 3. The van der Waals surface area contributed by atoms with Crippen molar-refractivity contribution in [2.45, 2.75) is 31.8 Å². The lowest BCUT2D eigenvalue weighted by Gasteiger charge is -2.37. The van der Waals surface area contributed by atoms with Crippen LogP contribution >= 0.6 is 0 Å². The first-order chi connectivity index (χ1) is 18.2. The summed E-state index contributed by atoms with van der Waals surface area (Å²) in [7, 11) is 1.59. The van der Waals surface area contributed by atoms with Crippen molar-refractivity contribution in [3.05, 3.63) is 77.6 Å². The van der Waals surface area contributed by atoms with Crippen molar-refractivity contribution in [2.24, 2.45) is 0 Å². The molecule has 38 heavy (non-hydrogen) atoms. The third-order valence-electron chi connectivity index (χ3n) is 5.83. The van der Waals surface area contributed by atoms with Crippen LogP contribution in [0.2, 0.25) is 0 Å². The second-order valence-corrected chi connectivity index (χ2v) is 8.87. The molecule has 4 rings (SSSR count). The second kappa shape index (κ2) is 11.2. The number of carbonyl (C=O) groups excluding carboxylic acids is 3. The van der Waals surface area contributed by atoms with Crippen molar-refractivity contribution in [1.82, 2.24) is 15.1 Å². The highest BCUT2D eigenvalue weighted by molar-refractivity contribution is 6.20. The van der Waals surface area contributed by atoms with Crippen LogP contribution in [0.5, 0.6) is 0 Å². The molecule has 1 aromatic heterocycles. The Kier molecular flexibility index (Phi) is 7.83. The minimum absolute atomic E-state index is 0.0319. The summed E-state index contributed by atoms with van der Waals surface area (Å²) in [5, 5.41) is 9.16. The first-order valence-corrected chi connectivity index (χ1v) is 11.7. The molecule has 2 aromatic carbocycles. The van der Waals surface area contributed by atoms with Crippen molar-refractivity contribution >= 4 is 29.2 Å². The van der Waals surface area contributed by atoms with Gasteiger partial charge in [0.05, 0.1) is 18.3 Å². The molecule has 1 aliphatic heterocycles. The number of benzene rings is 2. The van der Waals surface area contributed by atoms with Gasteiger partial charge in [0.2, 0.25) is 5.91 Å². The molecular formula is C27H25F2N5O4. The van der Waals surface area contributed by atoms with Gasteiger partial charge in [0.1, 0.15) is 11.2 Å². The summed E-state index contributed by atoms with van der Waals surface area (Å²) in [5.74, 6) is 1.55. The summed E-state index contributed by atoms with van der Waals surface area (Å²) < 4.78 is 36.5. The molecule has 0 radical (unpaired) electrons. The van der Waals surface area contributed by atoms with Crippen molar-refractivity contribution < 1.29 is 27.9 Å². The molecule has 1 saturated heterocycles. The Morgan fingerprint density at radius 2 is 1.84 bits per heavy atom. The molecule has 9 nitrogen and oxygen atoms in total. The van der Waals surface area contributed by atoms with Gasteiger partial charge < -0.3 is 15.4 Å². The lowest BCUT2D eigenvalue weighted by Crippen LogP contribution is -2.65. The van der Waals surface area contributed by atoms with Crippen molar-refractivity contribution in [3.63, 3.8) is 0 Å². The number of ether oxygens (including phenoxy) is 1. The fourth-order valence-electron chi connectivity index (χ4n) is 3.90. The Labute approximate surface area is 217 Å². The van der Waals surface area contributed by atoms with E-state index in [1.54, 1.807) is 42.3 Å². The molecular weight excluding hydrogens is 496 g/mol. The predicted molar refractivity (Wildman–Crippen MR) is 135 cm³/mol. The Bertz CT molecular complexity index is 1390. The smallest absolute Gasteiger partial charge is 0.329 e. The fourth-order valence-corrected chi connectivity index (χ4v) is 3.90. The molecule has 11 heteroatoms. The average molecular weight is 522 g/mol. The summed E-state index contributed by atoms with van der Waals surface area (Å²) in [6, 6.07) is 9.61. The quantitative estimate of drug-likeness (QED) is 0.366. The molecule has 196 valence electrons. The number of aromatic nitrogens is 2. The number of halogens is 2. The number of aryl methyl sites for hydroxylation is 1. The molecule has 0 bridgehead atoms. The van der Waals surface area contributed by atoms with Crippen molar-refractivity contribution in [3.8, 4) is 11.8 Å². The number of rotatable bonds is 7. The van der Waals surface area contributed by atoms with Gasteiger partial charge in [-0.15, -0.1) is 0 Å². The van der Waals surface area contributed by atoms with Gasteiger partial charge in [0.15, 0.2) is 11.6 Å². The van der Waals surface area contributed by atoms with Crippen LogP contribution in [0.1, 0.15) is 30.9 Å². The van der Waals surface area contributed by atoms with Crippen molar-refractivity contribution in [1.29, 1.82) is 0 Å². The summed E-state index contributed by atoms with van der Waals surface area (Å²) in [4.78, 5) is 39.1. The zero-order chi connectivity index (χ0) is 27.3. The van der Waals surface area contributed by atoms with Crippen LogP contribution in [-0.4, -0.2) is 46.9 Å². The maximum Gasteiger partial charge on any atom is 0.329 e. The molecule has 2 N–H and O–H groups in total. The number of nitrogens with one attached hydrogen (secondary N) is 2. The van der Waals surface area contributed by atoms with E-state index in [2.05, 4.69) is 27.6 Å². The molecule has 0 unspecified atom stereocenters. The molecule has 1 fully saturated rings. The van der Waals surface area contributed by atoms with Crippen LogP contribution in [0.3, 0.4) is 0 Å². The maximum absolute atomic E-state index is 14.9. The standard InChI is InChI=1S/C27H25F2N5O4/c1-27(25(36)31-20-16-30-33(17-20)11-6-12-38-2)15-23(35)34(26(37)32-27)24-21(28)13-19(14-22(24)29)10-9-18-7-4-3-5-8-18/h3-5,7-8,13-14,16-17H,6,11-12,15H2,1-2H3,(H,31,36)(H,32,37)/t27-/m0/s1. The van der Waals surface area contributed by atoms with E-state index in [1.165, 1.54) is 13.1 Å². The Hall–Kier alpha value is -4.56. The van der Waals surface area contributed by atoms with Crippen LogP contribution in [-0.2, 0) is 20.9 Å². The van der Waals surface area contributed by atoms with Gasteiger partial charge in [-0.1, -0.05) is 30.0 Å². The van der Waals surface area contributed by atoms with Crippen LogP contribution in [0.25, 0.3) is 0 Å². The van der Waals surface area contributed by atoms with E-state index in [-0.39, 0.29) is 5.56 Å². The van der Waals surface area contributed by atoms with E-state index in [0.29, 0.717) is 29.3 Å². The summed E-state index contributed by atoms with van der Waals surface area (Å²) >= 11 is 0. The first kappa shape index (κ1) is 26.5. The van der Waals surface area contributed by atoms with Crippen LogP contribution in [0.4, 0.5) is 25.0 Å². The predicted octanol–water partition coefficient (Wildman–Crippen LogP) is 3.44. The largest absolute Gasteiger partial charge is 0.385 e. The highest BCUT2D eigenvalue weighted by Crippen LogP contribution is 2.30. The van der Waals surface area contributed by atoms with Crippen molar-refractivity contribution in [2.75, 3.05) is 23.9 Å². The number of methoxy groups -OCH3 is 1. The topological polar surface area (TPSA) is 106 Å². The second-order valence-electron chi connectivity index (χ2n) is 8.87. The first-order valence-electron chi connectivity index (χ1n) is 11.7. The number of anilines is 2. The average Bonchev–Trinajstić information content (AvgIpc) is 3.31. The van der Waals surface area contributed by atoms with Gasteiger partial charge in [-0.2, -0.15) is 5.10 Å². The molecule has 0 saturated carbocycles. The lowest BCUT2D eigenvalue weighted by molar-refractivity contribution is -0.128. The van der Waals surface area contributed by atoms with E-state index in [4.69, 9.17) is 4.74 Å². The van der Waals surface area contributed by atoms with Gasteiger partial charge in [-0.05, 0) is 37.6 Å². The Balaban J connectivity index is 1.48. The molecule has 1 atom stereocenters. The molecule has 4 amide bonds. The Morgan fingerprint density at radius 1 is 1.16 bits per heavy atom. The van der Waals surface area contributed by atoms with Crippen LogP contribution in [0, 0.1) is 23.5 Å². The normalized spacial score (nSPS) is 17.0. The zero-order valence-electron chi connectivity index (χ0n) is 20.8.